The normalized spacial score (nSPS) is 11.7. The van der Waals surface area contributed by atoms with Gasteiger partial charge in [-0.3, -0.25) is 4.79 Å². The van der Waals surface area contributed by atoms with Crippen LogP contribution in [0.5, 0.6) is 0 Å². The Hall–Kier alpha value is -1.77. The highest BCUT2D eigenvalue weighted by Crippen LogP contribution is 2.10. The van der Waals surface area contributed by atoms with Crippen LogP contribution in [0.3, 0.4) is 0 Å². The van der Waals surface area contributed by atoms with Crippen LogP contribution < -0.4 is 5.73 Å². The van der Waals surface area contributed by atoms with Gasteiger partial charge in [0.2, 0.25) is 0 Å². The molecule has 17 heavy (non-hydrogen) atoms. The number of benzene rings is 1. The van der Waals surface area contributed by atoms with Crippen LogP contribution in [-0.4, -0.2) is 11.6 Å². The van der Waals surface area contributed by atoms with Gasteiger partial charge in [-0.05, 0) is 38.5 Å². The summed E-state index contributed by atoms with van der Waals surface area (Å²) in [6, 6.07) is 7.46. The van der Waals surface area contributed by atoms with E-state index in [1.54, 1.807) is 6.08 Å². The third kappa shape index (κ3) is 5.76. The standard InChI is InChI=1S/C14H19NO2/c1-14(2,3)17-13(16)6-4-5-11-7-9-12(15)10-8-11/h4-5,7-10H,6,15H2,1-3H3. The molecule has 0 saturated heterocycles. The quantitative estimate of drug-likeness (QED) is 0.645. The molecule has 0 radical (unpaired) electrons. The zero-order valence-electron chi connectivity index (χ0n) is 10.6. The molecule has 3 nitrogen and oxygen atoms in total. The van der Waals surface area contributed by atoms with Crippen molar-refractivity contribution in [3.63, 3.8) is 0 Å². The molecule has 0 atom stereocenters. The minimum atomic E-state index is -0.424. The second-order valence-electron chi connectivity index (χ2n) is 4.86. The topological polar surface area (TPSA) is 52.3 Å². The average Bonchev–Trinajstić information content (AvgIpc) is 2.18. The van der Waals surface area contributed by atoms with Gasteiger partial charge in [-0.25, -0.2) is 0 Å². The van der Waals surface area contributed by atoms with Crippen LogP contribution in [0.4, 0.5) is 5.69 Å². The Morgan fingerprint density at radius 1 is 1.29 bits per heavy atom. The molecule has 0 aromatic heterocycles. The summed E-state index contributed by atoms with van der Waals surface area (Å²) in [6.07, 6.45) is 3.95. The van der Waals surface area contributed by atoms with E-state index in [1.807, 2.05) is 51.1 Å². The monoisotopic (exact) mass is 233 g/mol. The third-order valence-electron chi connectivity index (χ3n) is 1.95. The minimum Gasteiger partial charge on any atom is -0.460 e. The molecule has 0 unspecified atom stereocenters. The van der Waals surface area contributed by atoms with E-state index in [0.29, 0.717) is 0 Å². The van der Waals surface area contributed by atoms with E-state index in [4.69, 9.17) is 10.5 Å². The van der Waals surface area contributed by atoms with Crippen LogP contribution >= 0.6 is 0 Å². The van der Waals surface area contributed by atoms with Gasteiger partial charge in [0.05, 0.1) is 6.42 Å². The van der Waals surface area contributed by atoms with Crippen LogP contribution in [0.2, 0.25) is 0 Å². The van der Waals surface area contributed by atoms with E-state index in [-0.39, 0.29) is 12.4 Å². The molecular formula is C14H19NO2. The number of hydrogen-bond acceptors (Lipinski definition) is 3. The molecule has 0 fully saturated rings. The molecule has 0 aliphatic heterocycles. The fraction of sp³-hybridized carbons (Fsp3) is 0.357. The zero-order chi connectivity index (χ0) is 12.9. The van der Waals surface area contributed by atoms with Crippen molar-refractivity contribution in [2.75, 3.05) is 5.73 Å². The lowest BCUT2D eigenvalue weighted by atomic mass is 10.2. The number of anilines is 1. The Morgan fingerprint density at radius 2 is 1.88 bits per heavy atom. The summed E-state index contributed by atoms with van der Waals surface area (Å²) < 4.78 is 5.18. The Labute approximate surface area is 102 Å². The van der Waals surface area contributed by atoms with Crippen molar-refractivity contribution in [2.45, 2.75) is 32.8 Å². The average molecular weight is 233 g/mol. The Balaban J connectivity index is 2.45. The minimum absolute atomic E-state index is 0.218. The first-order valence-corrected chi connectivity index (χ1v) is 5.61. The lowest BCUT2D eigenvalue weighted by Gasteiger charge is -2.18. The number of hydrogen-bond donors (Lipinski definition) is 1. The summed E-state index contributed by atoms with van der Waals surface area (Å²) in [5, 5.41) is 0. The summed E-state index contributed by atoms with van der Waals surface area (Å²) in [4.78, 5) is 11.4. The molecule has 2 N–H and O–H groups in total. The first-order chi connectivity index (χ1) is 7.87. The summed E-state index contributed by atoms with van der Waals surface area (Å²) in [6.45, 7) is 5.57. The molecule has 0 amide bonds. The number of esters is 1. The molecule has 0 bridgehead atoms. The second-order valence-corrected chi connectivity index (χ2v) is 4.86. The van der Waals surface area contributed by atoms with Crippen molar-refractivity contribution < 1.29 is 9.53 Å². The van der Waals surface area contributed by atoms with E-state index in [0.717, 1.165) is 11.3 Å². The lowest BCUT2D eigenvalue weighted by molar-refractivity contribution is -0.153. The molecule has 92 valence electrons. The van der Waals surface area contributed by atoms with E-state index in [9.17, 15) is 4.79 Å². The first kappa shape index (κ1) is 13.3. The number of carbonyl (C=O) groups is 1. The van der Waals surface area contributed by atoms with Crippen LogP contribution in [0.25, 0.3) is 6.08 Å². The fourth-order valence-electron chi connectivity index (χ4n) is 1.28. The van der Waals surface area contributed by atoms with Crippen molar-refractivity contribution in [2.24, 2.45) is 0 Å². The highest BCUT2D eigenvalue weighted by Gasteiger charge is 2.14. The number of ether oxygens (including phenoxy) is 1. The summed E-state index contributed by atoms with van der Waals surface area (Å²) >= 11 is 0. The van der Waals surface area contributed by atoms with Gasteiger partial charge in [0.15, 0.2) is 0 Å². The van der Waals surface area contributed by atoms with Gasteiger partial charge < -0.3 is 10.5 Å². The van der Waals surface area contributed by atoms with E-state index in [2.05, 4.69) is 0 Å². The predicted molar refractivity (Wildman–Crippen MR) is 70.4 cm³/mol. The summed E-state index contributed by atoms with van der Waals surface area (Å²) in [5.74, 6) is -0.218. The predicted octanol–water partition coefficient (Wildman–Crippen LogP) is 3.01. The molecule has 1 aromatic rings. The maximum Gasteiger partial charge on any atom is 0.310 e. The Kier molecular flexibility index (Phi) is 4.32. The number of nitrogens with two attached hydrogens (primary N) is 1. The van der Waals surface area contributed by atoms with Crippen molar-refractivity contribution in [1.82, 2.24) is 0 Å². The van der Waals surface area contributed by atoms with Gasteiger partial charge in [0.1, 0.15) is 5.60 Å². The molecule has 1 aromatic carbocycles. The SMILES string of the molecule is CC(C)(C)OC(=O)CC=Cc1ccc(N)cc1. The Morgan fingerprint density at radius 3 is 2.41 bits per heavy atom. The molecule has 3 heteroatoms. The molecule has 0 heterocycles. The zero-order valence-corrected chi connectivity index (χ0v) is 10.6. The maximum atomic E-state index is 11.4. The van der Waals surface area contributed by atoms with Crippen LogP contribution in [0, 0.1) is 0 Å². The smallest absolute Gasteiger partial charge is 0.310 e. The van der Waals surface area contributed by atoms with Gasteiger partial charge in [0.25, 0.3) is 0 Å². The highest BCUT2D eigenvalue weighted by molar-refractivity contribution is 5.73. The number of nitrogen functional groups attached to an aromatic ring is 1. The molecule has 0 aliphatic rings. The van der Waals surface area contributed by atoms with E-state index in [1.165, 1.54) is 0 Å². The highest BCUT2D eigenvalue weighted by atomic mass is 16.6. The van der Waals surface area contributed by atoms with E-state index >= 15 is 0 Å². The van der Waals surface area contributed by atoms with Gasteiger partial charge in [0, 0.05) is 5.69 Å². The molecule has 0 spiro atoms. The lowest BCUT2D eigenvalue weighted by Crippen LogP contribution is -2.23. The van der Waals surface area contributed by atoms with Crippen molar-refractivity contribution in [1.29, 1.82) is 0 Å². The maximum absolute atomic E-state index is 11.4. The van der Waals surface area contributed by atoms with Crippen LogP contribution in [0.1, 0.15) is 32.8 Å². The van der Waals surface area contributed by atoms with Gasteiger partial charge in [-0.2, -0.15) is 0 Å². The van der Waals surface area contributed by atoms with Crippen LogP contribution in [0.15, 0.2) is 30.3 Å². The van der Waals surface area contributed by atoms with Gasteiger partial charge >= 0.3 is 5.97 Å². The molecule has 0 aliphatic carbocycles. The second kappa shape index (κ2) is 5.53. The van der Waals surface area contributed by atoms with Crippen molar-refractivity contribution in [3.8, 4) is 0 Å². The molecule has 1 rings (SSSR count). The van der Waals surface area contributed by atoms with Crippen molar-refractivity contribution >= 4 is 17.7 Å². The number of carbonyl (C=O) groups excluding carboxylic acids is 1. The third-order valence-corrected chi connectivity index (χ3v) is 1.95. The largest absolute Gasteiger partial charge is 0.460 e. The van der Waals surface area contributed by atoms with Gasteiger partial charge in [-0.15, -0.1) is 0 Å². The molecular weight excluding hydrogens is 214 g/mol. The molecule has 0 saturated carbocycles. The van der Waals surface area contributed by atoms with Gasteiger partial charge in [-0.1, -0.05) is 24.3 Å². The first-order valence-electron chi connectivity index (χ1n) is 5.61. The summed E-state index contributed by atoms with van der Waals surface area (Å²) in [7, 11) is 0. The number of rotatable bonds is 3. The van der Waals surface area contributed by atoms with Crippen molar-refractivity contribution in [3.05, 3.63) is 35.9 Å². The summed E-state index contributed by atoms with van der Waals surface area (Å²) in [5.41, 5.74) is 6.90. The van der Waals surface area contributed by atoms with E-state index < -0.39 is 5.60 Å². The van der Waals surface area contributed by atoms with Crippen LogP contribution in [-0.2, 0) is 9.53 Å². The Bertz CT molecular complexity index is 399. The fourth-order valence-corrected chi connectivity index (χ4v) is 1.28.